The van der Waals surface area contributed by atoms with Crippen LogP contribution in [-0.2, 0) is 19.5 Å². The molecule has 0 spiro atoms. The van der Waals surface area contributed by atoms with Crippen molar-refractivity contribution in [3.05, 3.63) is 59.2 Å². The summed E-state index contributed by atoms with van der Waals surface area (Å²) in [5.41, 5.74) is 4.10. The summed E-state index contributed by atoms with van der Waals surface area (Å²) in [7, 11) is 1.66. The average Bonchev–Trinajstić information content (AvgIpc) is 2.78. The standard InChI is InChI=1S/C25H34N2O3/c1-29-24-10-9-20(16-27-14-11-21-7-3-4-8-22(21)17-27)15-25(24)30-19-23(28)18-26-12-5-2-6-13-26/h3-4,7-10,15,23,28H,2,5-6,11-14,16-19H2,1H3/t23-/m0/s1. The van der Waals surface area contributed by atoms with Gasteiger partial charge in [0.2, 0.25) is 0 Å². The zero-order valence-electron chi connectivity index (χ0n) is 18.1. The van der Waals surface area contributed by atoms with Gasteiger partial charge >= 0.3 is 0 Å². The molecule has 0 saturated carbocycles. The monoisotopic (exact) mass is 410 g/mol. The number of hydrogen-bond donors (Lipinski definition) is 1. The van der Waals surface area contributed by atoms with Crippen molar-refractivity contribution < 1.29 is 14.6 Å². The summed E-state index contributed by atoms with van der Waals surface area (Å²) in [6, 6.07) is 14.9. The molecule has 4 rings (SSSR count). The molecule has 1 fully saturated rings. The maximum atomic E-state index is 10.4. The number of likely N-dealkylation sites (tertiary alicyclic amines) is 1. The first-order valence-corrected chi connectivity index (χ1v) is 11.2. The van der Waals surface area contributed by atoms with E-state index in [0.29, 0.717) is 18.0 Å². The highest BCUT2D eigenvalue weighted by Gasteiger charge is 2.18. The number of hydrogen-bond acceptors (Lipinski definition) is 5. The van der Waals surface area contributed by atoms with Gasteiger partial charge < -0.3 is 19.5 Å². The Hall–Kier alpha value is -2.08. The van der Waals surface area contributed by atoms with Crippen LogP contribution in [0.2, 0.25) is 0 Å². The Balaban J connectivity index is 1.34. The third-order valence-corrected chi connectivity index (χ3v) is 6.19. The van der Waals surface area contributed by atoms with E-state index in [1.54, 1.807) is 7.11 Å². The molecule has 2 aromatic carbocycles. The van der Waals surface area contributed by atoms with Gasteiger partial charge in [-0.25, -0.2) is 0 Å². The molecule has 2 heterocycles. The van der Waals surface area contributed by atoms with Crippen molar-refractivity contribution in [3.63, 3.8) is 0 Å². The van der Waals surface area contributed by atoms with Crippen LogP contribution in [0.25, 0.3) is 0 Å². The molecule has 0 unspecified atom stereocenters. The molecule has 5 heteroatoms. The zero-order valence-corrected chi connectivity index (χ0v) is 18.1. The minimum atomic E-state index is -0.491. The fourth-order valence-electron chi connectivity index (χ4n) is 4.56. The van der Waals surface area contributed by atoms with Gasteiger partial charge in [-0.1, -0.05) is 36.8 Å². The molecule has 2 aliphatic heterocycles. The van der Waals surface area contributed by atoms with Crippen LogP contribution >= 0.6 is 0 Å². The Bertz CT molecular complexity index is 820. The lowest BCUT2D eigenvalue weighted by atomic mass is 9.99. The second kappa shape index (κ2) is 10.3. The van der Waals surface area contributed by atoms with Crippen molar-refractivity contribution in [3.8, 4) is 11.5 Å². The second-order valence-electron chi connectivity index (χ2n) is 8.54. The molecule has 0 bridgehead atoms. The highest BCUT2D eigenvalue weighted by Crippen LogP contribution is 2.29. The third-order valence-electron chi connectivity index (χ3n) is 6.19. The van der Waals surface area contributed by atoms with Crippen LogP contribution in [-0.4, -0.2) is 60.9 Å². The Morgan fingerprint density at radius 1 is 0.933 bits per heavy atom. The van der Waals surface area contributed by atoms with Gasteiger partial charge in [-0.05, 0) is 61.2 Å². The van der Waals surface area contributed by atoms with Crippen LogP contribution in [0.4, 0.5) is 0 Å². The molecule has 1 atom stereocenters. The lowest BCUT2D eigenvalue weighted by Gasteiger charge is -2.29. The molecule has 30 heavy (non-hydrogen) atoms. The minimum absolute atomic E-state index is 0.285. The van der Waals surface area contributed by atoms with Crippen molar-refractivity contribution in [1.82, 2.24) is 9.80 Å². The van der Waals surface area contributed by atoms with Gasteiger partial charge in [-0.15, -0.1) is 0 Å². The largest absolute Gasteiger partial charge is 0.493 e. The van der Waals surface area contributed by atoms with Crippen LogP contribution in [0.15, 0.2) is 42.5 Å². The predicted molar refractivity (Wildman–Crippen MR) is 119 cm³/mol. The maximum absolute atomic E-state index is 10.4. The van der Waals surface area contributed by atoms with Crippen molar-refractivity contribution in [2.24, 2.45) is 0 Å². The van der Waals surface area contributed by atoms with E-state index in [-0.39, 0.29) is 6.61 Å². The molecular weight excluding hydrogens is 376 g/mol. The van der Waals surface area contributed by atoms with Gasteiger partial charge in [0.05, 0.1) is 7.11 Å². The lowest BCUT2D eigenvalue weighted by molar-refractivity contribution is 0.0608. The molecule has 2 aliphatic rings. The van der Waals surface area contributed by atoms with E-state index in [1.807, 2.05) is 6.07 Å². The third kappa shape index (κ3) is 5.54. The van der Waals surface area contributed by atoms with Crippen molar-refractivity contribution in [2.75, 3.05) is 39.9 Å². The van der Waals surface area contributed by atoms with E-state index in [9.17, 15) is 5.11 Å². The van der Waals surface area contributed by atoms with Crippen LogP contribution < -0.4 is 9.47 Å². The number of aliphatic hydroxyl groups excluding tert-OH is 1. The lowest BCUT2D eigenvalue weighted by Crippen LogP contribution is -2.38. The number of benzene rings is 2. The molecule has 0 aromatic heterocycles. The molecule has 2 aromatic rings. The number of fused-ring (bicyclic) bond motifs is 1. The van der Waals surface area contributed by atoms with Crippen LogP contribution in [0.3, 0.4) is 0 Å². The molecule has 0 amide bonds. The first-order valence-electron chi connectivity index (χ1n) is 11.2. The second-order valence-corrected chi connectivity index (χ2v) is 8.54. The summed E-state index contributed by atoms with van der Waals surface area (Å²) in [5, 5.41) is 10.4. The van der Waals surface area contributed by atoms with Gasteiger partial charge in [0.15, 0.2) is 11.5 Å². The van der Waals surface area contributed by atoms with E-state index >= 15 is 0 Å². The van der Waals surface area contributed by atoms with E-state index in [2.05, 4.69) is 46.2 Å². The summed E-state index contributed by atoms with van der Waals surface area (Å²) < 4.78 is 11.5. The van der Waals surface area contributed by atoms with E-state index < -0.39 is 6.10 Å². The van der Waals surface area contributed by atoms with E-state index in [1.165, 1.54) is 36.0 Å². The number of methoxy groups -OCH3 is 1. The number of aliphatic hydroxyl groups is 1. The molecule has 162 valence electrons. The quantitative estimate of drug-likeness (QED) is 0.722. The van der Waals surface area contributed by atoms with Crippen molar-refractivity contribution in [2.45, 2.75) is 44.9 Å². The fourth-order valence-corrected chi connectivity index (χ4v) is 4.56. The molecule has 0 radical (unpaired) electrons. The summed E-state index contributed by atoms with van der Waals surface area (Å²) in [4.78, 5) is 4.80. The Labute approximate surface area is 180 Å². The Morgan fingerprint density at radius 2 is 1.73 bits per heavy atom. The van der Waals surface area contributed by atoms with Crippen LogP contribution in [0.5, 0.6) is 11.5 Å². The summed E-state index contributed by atoms with van der Waals surface area (Å²) in [6.07, 6.45) is 4.36. The Morgan fingerprint density at radius 3 is 2.53 bits per heavy atom. The Kier molecular flexibility index (Phi) is 7.26. The summed E-state index contributed by atoms with van der Waals surface area (Å²) in [6.45, 7) is 6.04. The smallest absolute Gasteiger partial charge is 0.161 e. The van der Waals surface area contributed by atoms with Crippen LogP contribution in [0.1, 0.15) is 36.0 Å². The molecule has 0 aliphatic carbocycles. The molecule has 1 N–H and O–H groups in total. The van der Waals surface area contributed by atoms with Gasteiger partial charge in [0.1, 0.15) is 12.7 Å². The zero-order chi connectivity index (χ0) is 20.8. The van der Waals surface area contributed by atoms with Gasteiger partial charge in [-0.2, -0.15) is 0 Å². The predicted octanol–water partition coefficient (Wildman–Crippen LogP) is 3.48. The first kappa shape index (κ1) is 21.2. The fraction of sp³-hybridized carbons (Fsp3) is 0.520. The van der Waals surface area contributed by atoms with Crippen molar-refractivity contribution in [1.29, 1.82) is 0 Å². The highest BCUT2D eigenvalue weighted by molar-refractivity contribution is 5.43. The van der Waals surface area contributed by atoms with Gasteiger partial charge in [0, 0.05) is 26.2 Å². The minimum Gasteiger partial charge on any atom is -0.493 e. The number of rotatable bonds is 8. The summed E-state index contributed by atoms with van der Waals surface area (Å²) in [5.74, 6) is 1.43. The number of β-amino-alcohol motifs (C(OH)–C–C–N with tert-alkyl or cyclic N) is 1. The van der Waals surface area contributed by atoms with E-state index in [4.69, 9.17) is 9.47 Å². The highest BCUT2D eigenvalue weighted by atomic mass is 16.5. The topological polar surface area (TPSA) is 45.2 Å². The van der Waals surface area contributed by atoms with Gasteiger partial charge in [0.25, 0.3) is 0 Å². The molecule has 1 saturated heterocycles. The average molecular weight is 411 g/mol. The molecular formula is C25H34N2O3. The van der Waals surface area contributed by atoms with Crippen LogP contribution in [0, 0.1) is 0 Å². The van der Waals surface area contributed by atoms with Gasteiger partial charge in [-0.3, -0.25) is 4.90 Å². The van der Waals surface area contributed by atoms with Crippen molar-refractivity contribution >= 4 is 0 Å². The number of nitrogens with zero attached hydrogens (tertiary/aromatic N) is 2. The summed E-state index contributed by atoms with van der Waals surface area (Å²) >= 11 is 0. The SMILES string of the molecule is COc1ccc(CN2CCc3ccccc3C2)cc1OC[C@@H](O)CN1CCCCC1. The van der Waals surface area contributed by atoms with E-state index in [0.717, 1.165) is 39.1 Å². The number of ether oxygens (including phenoxy) is 2. The molecule has 5 nitrogen and oxygen atoms in total. The normalized spacial score (nSPS) is 18.6. The maximum Gasteiger partial charge on any atom is 0.161 e. The first-order chi connectivity index (χ1) is 14.7. The number of piperidine rings is 1.